The summed E-state index contributed by atoms with van der Waals surface area (Å²) in [7, 11) is -0.542. The predicted molar refractivity (Wildman–Crippen MR) is 108 cm³/mol. The summed E-state index contributed by atoms with van der Waals surface area (Å²) >= 11 is 0. The summed E-state index contributed by atoms with van der Waals surface area (Å²) < 4.78 is 0. The maximum atomic E-state index is 2.33. The molecule has 0 N–H and O–H groups in total. The van der Waals surface area contributed by atoms with Crippen molar-refractivity contribution in [3.8, 4) is 0 Å². The molecule has 0 atom stereocenters. The van der Waals surface area contributed by atoms with Crippen LogP contribution in [-0.2, 0) is 0 Å². The summed E-state index contributed by atoms with van der Waals surface area (Å²) in [4.78, 5) is 0. The minimum atomic E-state index is -0.542. The van der Waals surface area contributed by atoms with Gasteiger partial charge in [0.1, 0.15) is 0 Å². The van der Waals surface area contributed by atoms with Gasteiger partial charge < -0.3 is 0 Å². The fraction of sp³-hybridized carbons (Fsp3) is 0.130. The van der Waals surface area contributed by atoms with Gasteiger partial charge in [0, 0.05) is 0 Å². The SMILES string of the molecule is Cc1cc(C)c(P2c3ccccc3C=Cc3ccccc32)c(C)c1. The summed E-state index contributed by atoms with van der Waals surface area (Å²) in [5.41, 5.74) is 6.85. The van der Waals surface area contributed by atoms with Crippen LogP contribution in [0.15, 0.2) is 60.7 Å². The summed E-state index contributed by atoms with van der Waals surface area (Å²) in [6.45, 7) is 6.72. The zero-order chi connectivity index (χ0) is 16.7. The average molecular weight is 328 g/mol. The van der Waals surface area contributed by atoms with Gasteiger partial charge in [0.15, 0.2) is 0 Å². The minimum absolute atomic E-state index is 0.542. The van der Waals surface area contributed by atoms with Crippen LogP contribution in [0.5, 0.6) is 0 Å². The van der Waals surface area contributed by atoms with Gasteiger partial charge in [0.25, 0.3) is 0 Å². The molecule has 0 nitrogen and oxygen atoms in total. The summed E-state index contributed by atoms with van der Waals surface area (Å²) in [5.74, 6) is 0. The first-order valence-electron chi connectivity index (χ1n) is 8.39. The van der Waals surface area contributed by atoms with E-state index in [4.69, 9.17) is 0 Å². The molecular weight excluding hydrogens is 307 g/mol. The Hall–Kier alpha value is -2.17. The quantitative estimate of drug-likeness (QED) is 0.438. The molecule has 0 radical (unpaired) electrons. The summed E-state index contributed by atoms with van der Waals surface area (Å²) in [6.07, 6.45) is 4.55. The van der Waals surface area contributed by atoms with E-state index < -0.39 is 7.92 Å². The van der Waals surface area contributed by atoms with Gasteiger partial charge in [-0.2, -0.15) is 0 Å². The van der Waals surface area contributed by atoms with Crippen LogP contribution in [0.4, 0.5) is 0 Å². The zero-order valence-corrected chi connectivity index (χ0v) is 15.3. The Bertz CT molecular complexity index is 877. The van der Waals surface area contributed by atoms with Gasteiger partial charge in [-0.05, 0) is 66.9 Å². The molecule has 0 spiro atoms. The number of rotatable bonds is 1. The molecule has 118 valence electrons. The molecule has 0 unspecified atom stereocenters. The Morgan fingerprint density at radius 2 is 1.08 bits per heavy atom. The largest absolute Gasteiger partial charge is 0.0616 e. The topological polar surface area (TPSA) is 0 Å². The third-order valence-corrected chi connectivity index (χ3v) is 7.59. The van der Waals surface area contributed by atoms with Gasteiger partial charge in [-0.3, -0.25) is 0 Å². The molecular formula is C23H21P. The van der Waals surface area contributed by atoms with Gasteiger partial charge in [-0.1, -0.05) is 78.4 Å². The first kappa shape index (κ1) is 15.4. The number of hydrogen-bond donors (Lipinski definition) is 0. The molecule has 3 aromatic rings. The van der Waals surface area contributed by atoms with E-state index in [2.05, 4.69) is 93.6 Å². The van der Waals surface area contributed by atoms with Crippen LogP contribution in [0.3, 0.4) is 0 Å². The number of benzene rings is 3. The van der Waals surface area contributed by atoms with E-state index in [9.17, 15) is 0 Å². The van der Waals surface area contributed by atoms with Gasteiger partial charge >= 0.3 is 0 Å². The van der Waals surface area contributed by atoms with Crippen molar-refractivity contribution >= 4 is 36.0 Å². The predicted octanol–water partition coefficient (Wildman–Crippen LogP) is 4.85. The monoisotopic (exact) mass is 328 g/mol. The van der Waals surface area contributed by atoms with Crippen LogP contribution in [-0.4, -0.2) is 0 Å². The molecule has 1 aliphatic rings. The van der Waals surface area contributed by atoms with Gasteiger partial charge in [0.2, 0.25) is 0 Å². The molecule has 1 heteroatoms. The van der Waals surface area contributed by atoms with Crippen molar-refractivity contribution in [1.82, 2.24) is 0 Å². The van der Waals surface area contributed by atoms with Crippen LogP contribution in [0.2, 0.25) is 0 Å². The molecule has 0 aromatic heterocycles. The van der Waals surface area contributed by atoms with Gasteiger partial charge in [-0.25, -0.2) is 0 Å². The number of hydrogen-bond acceptors (Lipinski definition) is 0. The second kappa shape index (κ2) is 6.04. The second-order valence-electron chi connectivity index (χ2n) is 6.53. The smallest absolute Gasteiger partial charge is 0.00783 e. The normalized spacial score (nSPS) is 13.3. The highest BCUT2D eigenvalue weighted by molar-refractivity contribution is 7.80. The highest BCUT2D eigenvalue weighted by atomic mass is 31.1. The van der Waals surface area contributed by atoms with Crippen LogP contribution in [0.1, 0.15) is 27.8 Å². The summed E-state index contributed by atoms with van der Waals surface area (Å²) in [5, 5.41) is 4.44. The Balaban J connectivity index is 2.07. The number of aryl methyl sites for hydroxylation is 3. The van der Waals surface area contributed by atoms with E-state index in [1.54, 1.807) is 0 Å². The maximum Gasteiger partial charge on any atom is -0.00783 e. The van der Waals surface area contributed by atoms with Crippen molar-refractivity contribution < 1.29 is 0 Å². The van der Waals surface area contributed by atoms with Crippen LogP contribution in [0, 0.1) is 20.8 Å². The van der Waals surface area contributed by atoms with Crippen LogP contribution in [0.25, 0.3) is 12.2 Å². The molecule has 3 aromatic carbocycles. The van der Waals surface area contributed by atoms with Crippen molar-refractivity contribution in [2.75, 3.05) is 0 Å². The van der Waals surface area contributed by atoms with E-state index >= 15 is 0 Å². The Kier molecular flexibility index (Phi) is 3.87. The zero-order valence-electron chi connectivity index (χ0n) is 14.4. The Labute approximate surface area is 145 Å². The lowest BCUT2D eigenvalue weighted by Crippen LogP contribution is -2.26. The molecule has 24 heavy (non-hydrogen) atoms. The number of fused-ring (bicyclic) bond motifs is 2. The van der Waals surface area contributed by atoms with Crippen molar-refractivity contribution in [1.29, 1.82) is 0 Å². The van der Waals surface area contributed by atoms with Crippen molar-refractivity contribution in [2.45, 2.75) is 20.8 Å². The maximum absolute atomic E-state index is 2.33. The molecule has 0 aliphatic carbocycles. The molecule has 4 rings (SSSR count). The lowest BCUT2D eigenvalue weighted by Gasteiger charge is -2.25. The first-order chi connectivity index (χ1) is 11.6. The molecule has 0 saturated carbocycles. The molecule has 1 heterocycles. The fourth-order valence-electron chi connectivity index (χ4n) is 3.74. The van der Waals surface area contributed by atoms with Crippen LogP contribution >= 0.6 is 7.92 Å². The van der Waals surface area contributed by atoms with Crippen molar-refractivity contribution in [2.24, 2.45) is 0 Å². The molecule has 0 fully saturated rings. The van der Waals surface area contributed by atoms with Gasteiger partial charge in [0.05, 0.1) is 0 Å². The standard InChI is InChI=1S/C23H21P/c1-16-14-17(2)23(18(3)15-16)24-21-10-6-4-8-19(21)12-13-20-9-5-7-11-22(20)24/h4-15H,1-3H3. The highest BCUT2D eigenvalue weighted by Gasteiger charge is 2.25. The lowest BCUT2D eigenvalue weighted by atomic mass is 10.1. The van der Waals surface area contributed by atoms with E-state index in [1.807, 2.05) is 0 Å². The van der Waals surface area contributed by atoms with Gasteiger partial charge in [-0.15, -0.1) is 0 Å². The van der Waals surface area contributed by atoms with E-state index in [1.165, 1.54) is 43.7 Å². The highest BCUT2D eigenvalue weighted by Crippen LogP contribution is 2.40. The third-order valence-electron chi connectivity index (χ3n) is 4.66. The average Bonchev–Trinajstić information content (AvgIpc) is 2.72. The third kappa shape index (κ3) is 2.52. The molecule has 0 saturated heterocycles. The molecule has 0 amide bonds. The lowest BCUT2D eigenvalue weighted by molar-refractivity contribution is 1.35. The molecule has 0 bridgehead atoms. The van der Waals surface area contributed by atoms with Crippen LogP contribution < -0.4 is 15.9 Å². The van der Waals surface area contributed by atoms with Crippen molar-refractivity contribution in [3.63, 3.8) is 0 Å². The summed E-state index contributed by atoms with van der Waals surface area (Å²) in [6, 6.07) is 22.4. The second-order valence-corrected chi connectivity index (χ2v) is 8.62. The van der Waals surface area contributed by atoms with E-state index in [0.29, 0.717) is 0 Å². The first-order valence-corrected chi connectivity index (χ1v) is 9.73. The van der Waals surface area contributed by atoms with E-state index in [-0.39, 0.29) is 0 Å². The fourth-order valence-corrected chi connectivity index (χ4v) is 6.60. The Morgan fingerprint density at radius 1 is 0.625 bits per heavy atom. The van der Waals surface area contributed by atoms with Crippen molar-refractivity contribution in [3.05, 3.63) is 88.5 Å². The Morgan fingerprint density at radius 3 is 1.58 bits per heavy atom. The van der Waals surface area contributed by atoms with E-state index in [0.717, 1.165) is 0 Å². The minimum Gasteiger partial charge on any atom is -0.0616 e. The molecule has 1 aliphatic heterocycles.